The number of aromatic nitrogens is 3. The molecule has 1 fully saturated rings. The van der Waals surface area contributed by atoms with Crippen LogP contribution in [0.5, 0.6) is 5.75 Å². The quantitative estimate of drug-likeness (QED) is 0.785. The molecule has 0 radical (unpaired) electrons. The van der Waals surface area contributed by atoms with Gasteiger partial charge in [0.05, 0.1) is 19.7 Å². The van der Waals surface area contributed by atoms with E-state index >= 15 is 0 Å². The number of nitrogens with one attached hydrogen (secondary N) is 1. The van der Waals surface area contributed by atoms with E-state index in [1.54, 1.807) is 13.3 Å². The second-order valence-corrected chi connectivity index (χ2v) is 6.71. The molecule has 0 unspecified atom stereocenters. The molecule has 1 amide bonds. The van der Waals surface area contributed by atoms with Gasteiger partial charge >= 0.3 is 0 Å². The first kappa shape index (κ1) is 16.6. The molecule has 3 aromatic rings. The molecule has 2 aromatic heterocycles. The smallest absolute Gasteiger partial charge is 0.227 e. The topological polar surface area (TPSA) is 71.1 Å². The van der Waals surface area contributed by atoms with Gasteiger partial charge in [0.2, 0.25) is 5.91 Å². The molecule has 26 heavy (non-hydrogen) atoms. The number of hydrogen-bond acceptors (Lipinski definition) is 4. The Bertz CT molecular complexity index is 921. The van der Waals surface area contributed by atoms with Crippen LogP contribution < -0.4 is 4.74 Å². The minimum atomic E-state index is 0.141. The number of hydrogen-bond donors (Lipinski definition) is 1. The number of methoxy groups -OCH3 is 1. The van der Waals surface area contributed by atoms with Gasteiger partial charge in [-0.3, -0.25) is 9.89 Å². The number of amides is 1. The summed E-state index contributed by atoms with van der Waals surface area (Å²) in [4.78, 5) is 19.5. The van der Waals surface area contributed by atoms with E-state index in [-0.39, 0.29) is 11.8 Å². The van der Waals surface area contributed by atoms with Crippen LogP contribution in [0.15, 0.2) is 42.6 Å². The molecule has 1 aliphatic rings. The van der Waals surface area contributed by atoms with Crippen molar-refractivity contribution < 1.29 is 9.53 Å². The molecule has 6 nitrogen and oxygen atoms in total. The summed E-state index contributed by atoms with van der Waals surface area (Å²) in [6.07, 6.45) is 4.18. The number of nitrogens with zero attached hydrogens (tertiary/aromatic N) is 3. The molecule has 0 saturated carbocycles. The molecule has 1 saturated heterocycles. The number of carbonyl (C=O) groups excluding carboxylic acids is 1. The second kappa shape index (κ2) is 7.15. The highest BCUT2D eigenvalue weighted by molar-refractivity contribution is 5.79. The Morgan fingerprint density at radius 1 is 1.31 bits per heavy atom. The molecule has 6 heteroatoms. The lowest BCUT2D eigenvalue weighted by atomic mass is 9.93. The average molecular weight is 350 g/mol. The molecule has 1 N–H and O–H groups in total. The van der Waals surface area contributed by atoms with E-state index in [1.807, 2.05) is 35.2 Å². The number of piperidine rings is 1. The highest BCUT2D eigenvalue weighted by Gasteiger charge is 2.26. The maximum Gasteiger partial charge on any atom is 0.227 e. The highest BCUT2D eigenvalue weighted by Crippen LogP contribution is 2.28. The Kier molecular flexibility index (Phi) is 4.56. The van der Waals surface area contributed by atoms with Gasteiger partial charge in [0.25, 0.3) is 0 Å². The molecular weight excluding hydrogens is 328 g/mol. The van der Waals surface area contributed by atoms with Crippen LogP contribution in [0, 0.1) is 0 Å². The maximum absolute atomic E-state index is 12.8. The van der Waals surface area contributed by atoms with Crippen LogP contribution in [0.1, 0.15) is 30.0 Å². The van der Waals surface area contributed by atoms with Crippen molar-refractivity contribution in [2.45, 2.75) is 25.2 Å². The number of H-pyrrole nitrogens is 1. The van der Waals surface area contributed by atoms with Gasteiger partial charge in [0, 0.05) is 35.7 Å². The van der Waals surface area contributed by atoms with Crippen molar-refractivity contribution in [3.63, 3.8) is 0 Å². The lowest BCUT2D eigenvalue weighted by Crippen LogP contribution is -2.40. The van der Waals surface area contributed by atoms with E-state index < -0.39 is 0 Å². The van der Waals surface area contributed by atoms with Gasteiger partial charge in [-0.15, -0.1) is 0 Å². The fourth-order valence-corrected chi connectivity index (χ4v) is 3.64. The third-order valence-corrected chi connectivity index (χ3v) is 5.05. The predicted octanol–water partition coefficient (Wildman–Crippen LogP) is 2.92. The standard InChI is InChI=1S/C20H22N4O2/c1-26-18-7-3-2-5-14(18)11-19(25)24-10-4-6-16(13-24)17-9-8-15-12-21-23-20(15)22-17/h2-3,5,7-9,12,16H,4,6,10-11,13H2,1H3,(H,21,22,23)/t16-/m0/s1. The van der Waals surface area contributed by atoms with Crippen molar-refractivity contribution in [3.05, 3.63) is 53.9 Å². The minimum Gasteiger partial charge on any atom is -0.496 e. The Morgan fingerprint density at radius 2 is 2.19 bits per heavy atom. The summed E-state index contributed by atoms with van der Waals surface area (Å²) in [5.74, 6) is 1.17. The number of aromatic amines is 1. The number of benzene rings is 1. The number of fused-ring (bicyclic) bond motifs is 1. The molecule has 1 atom stereocenters. The summed E-state index contributed by atoms with van der Waals surface area (Å²) in [6, 6.07) is 11.8. The lowest BCUT2D eigenvalue weighted by molar-refractivity contribution is -0.131. The Morgan fingerprint density at radius 3 is 3.08 bits per heavy atom. The Balaban J connectivity index is 1.48. The number of para-hydroxylation sites is 1. The molecule has 3 heterocycles. The Hall–Kier alpha value is -2.89. The third-order valence-electron chi connectivity index (χ3n) is 5.05. The predicted molar refractivity (Wildman–Crippen MR) is 99.1 cm³/mol. The summed E-state index contributed by atoms with van der Waals surface area (Å²) in [6.45, 7) is 1.51. The Labute approximate surface area is 152 Å². The zero-order valence-corrected chi connectivity index (χ0v) is 14.8. The number of pyridine rings is 1. The van der Waals surface area contributed by atoms with E-state index in [4.69, 9.17) is 4.74 Å². The van der Waals surface area contributed by atoms with Crippen LogP contribution in [-0.2, 0) is 11.2 Å². The van der Waals surface area contributed by atoms with E-state index in [0.717, 1.165) is 47.4 Å². The first-order chi connectivity index (χ1) is 12.7. The van der Waals surface area contributed by atoms with E-state index in [9.17, 15) is 4.79 Å². The van der Waals surface area contributed by atoms with Crippen molar-refractivity contribution in [3.8, 4) is 5.75 Å². The SMILES string of the molecule is COc1ccccc1CC(=O)N1CCC[C@H](c2ccc3cn[nH]c3n2)C1. The highest BCUT2D eigenvalue weighted by atomic mass is 16.5. The zero-order valence-electron chi connectivity index (χ0n) is 14.8. The third kappa shape index (κ3) is 3.27. The van der Waals surface area contributed by atoms with Crippen LogP contribution >= 0.6 is 0 Å². The van der Waals surface area contributed by atoms with Crippen LogP contribution in [0.25, 0.3) is 11.0 Å². The summed E-state index contributed by atoms with van der Waals surface area (Å²) in [5, 5.41) is 7.96. The first-order valence-electron chi connectivity index (χ1n) is 8.94. The van der Waals surface area contributed by atoms with Crippen LogP contribution in [0.4, 0.5) is 0 Å². The van der Waals surface area contributed by atoms with Crippen molar-refractivity contribution in [1.82, 2.24) is 20.1 Å². The summed E-state index contributed by atoms with van der Waals surface area (Å²) in [5.41, 5.74) is 2.76. The molecule has 0 aliphatic carbocycles. The summed E-state index contributed by atoms with van der Waals surface area (Å²) < 4.78 is 5.37. The maximum atomic E-state index is 12.8. The van der Waals surface area contributed by atoms with Crippen molar-refractivity contribution in [2.24, 2.45) is 0 Å². The molecule has 1 aliphatic heterocycles. The summed E-state index contributed by atoms with van der Waals surface area (Å²) in [7, 11) is 1.64. The van der Waals surface area contributed by atoms with Gasteiger partial charge in [-0.05, 0) is 31.0 Å². The monoisotopic (exact) mass is 350 g/mol. The van der Waals surface area contributed by atoms with E-state index in [1.165, 1.54) is 0 Å². The van der Waals surface area contributed by atoms with Gasteiger partial charge in [0.1, 0.15) is 5.75 Å². The van der Waals surface area contributed by atoms with Gasteiger partial charge in [-0.25, -0.2) is 4.98 Å². The van der Waals surface area contributed by atoms with E-state index in [2.05, 4.69) is 21.2 Å². The molecule has 0 spiro atoms. The van der Waals surface area contributed by atoms with Gasteiger partial charge in [0.15, 0.2) is 5.65 Å². The minimum absolute atomic E-state index is 0.141. The zero-order chi connectivity index (χ0) is 17.9. The summed E-state index contributed by atoms with van der Waals surface area (Å²) >= 11 is 0. The normalized spacial score (nSPS) is 17.4. The van der Waals surface area contributed by atoms with E-state index in [0.29, 0.717) is 13.0 Å². The van der Waals surface area contributed by atoms with Crippen molar-refractivity contribution in [2.75, 3.05) is 20.2 Å². The van der Waals surface area contributed by atoms with Crippen molar-refractivity contribution >= 4 is 16.9 Å². The fourth-order valence-electron chi connectivity index (χ4n) is 3.64. The molecule has 134 valence electrons. The van der Waals surface area contributed by atoms with Crippen LogP contribution in [-0.4, -0.2) is 46.2 Å². The fraction of sp³-hybridized carbons (Fsp3) is 0.350. The molecule has 1 aromatic carbocycles. The van der Waals surface area contributed by atoms with Gasteiger partial charge in [-0.1, -0.05) is 18.2 Å². The number of ether oxygens (including phenoxy) is 1. The lowest BCUT2D eigenvalue weighted by Gasteiger charge is -2.32. The molecule has 0 bridgehead atoms. The van der Waals surface area contributed by atoms with Crippen LogP contribution in [0.3, 0.4) is 0 Å². The first-order valence-corrected chi connectivity index (χ1v) is 8.94. The number of likely N-dealkylation sites (tertiary alicyclic amines) is 1. The number of rotatable bonds is 4. The van der Waals surface area contributed by atoms with Crippen molar-refractivity contribution in [1.29, 1.82) is 0 Å². The second-order valence-electron chi connectivity index (χ2n) is 6.71. The molecule has 4 rings (SSSR count). The largest absolute Gasteiger partial charge is 0.496 e. The number of carbonyl (C=O) groups is 1. The van der Waals surface area contributed by atoms with Gasteiger partial charge in [-0.2, -0.15) is 5.10 Å². The van der Waals surface area contributed by atoms with Gasteiger partial charge < -0.3 is 9.64 Å². The van der Waals surface area contributed by atoms with Crippen LogP contribution in [0.2, 0.25) is 0 Å². The molecular formula is C20H22N4O2. The average Bonchev–Trinajstić information content (AvgIpc) is 3.16.